The first-order chi connectivity index (χ1) is 9.82. The van der Waals surface area contributed by atoms with Crippen LogP contribution in [-0.2, 0) is 19.6 Å². The third-order valence-electron chi connectivity index (χ3n) is 2.97. The van der Waals surface area contributed by atoms with E-state index >= 15 is 0 Å². The first kappa shape index (κ1) is 15.4. The molecule has 0 spiro atoms. The van der Waals surface area contributed by atoms with Crippen LogP contribution in [0.2, 0.25) is 0 Å². The van der Waals surface area contributed by atoms with Crippen LogP contribution in [0.3, 0.4) is 0 Å². The highest BCUT2D eigenvalue weighted by molar-refractivity contribution is 5.31. The first-order valence-electron chi connectivity index (χ1n) is 6.00. The molecule has 0 saturated heterocycles. The summed E-state index contributed by atoms with van der Waals surface area (Å²) in [5.74, 6) is 4.00. The zero-order valence-corrected chi connectivity index (χ0v) is 11.0. The Bertz CT molecular complexity index is 622. The van der Waals surface area contributed by atoms with Gasteiger partial charge in [-0.3, -0.25) is 16.0 Å². The van der Waals surface area contributed by atoms with Gasteiger partial charge in [0.15, 0.2) is 0 Å². The first-order valence-corrected chi connectivity index (χ1v) is 6.00. The van der Waals surface area contributed by atoms with Crippen LogP contribution in [0, 0.1) is 5.82 Å². The van der Waals surface area contributed by atoms with E-state index in [2.05, 4.69) is 15.7 Å². The summed E-state index contributed by atoms with van der Waals surface area (Å²) in [6.45, 7) is 0. The van der Waals surface area contributed by atoms with E-state index < -0.39 is 23.6 Å². The van der Waals surface area contributed by atoms with Crippen LogP contribution in [0.5, 0.6) is 0 Å². The summed E-state index contributed by atoms with van der Waals surface area (Å²) in [4.78, 5) is 0. The van der Waals surface area contributed by atoms with Gasteiger partial charge in [-0.05, 0) is 6.07 Å². The lowest BCUT2D eigenvalue weighted by Gasteiger charge is -2.18. The van der Waals surface area contributed by atoms with Gasteiger partial charge in [-0.1, -0.05) is 17.3 Å². The molecular weight excluding hydrogens is 290 g/mol. The molecule has 2 rings (SSSR count). The highest BCUT2D eigenvalue weighted by atomic mass is 19.4. The summed E-state index contributed by atoms with van der Waals surface area (Å²) in [6, 6.07) is 2.24. The van der Waals surface area contributed by atoms with Gasteiger partial charge in [0.25, 0.3) is 0 Å². The molecule has 5 nitrogen and oxygen atoms in total. The third kappa shape index (κ3) is 3.37. The number of benzene rings is 1. The molecule has 1 atom stereocenters. The highest BCUT2D eigenvalue weighted by Crippen LogP contribution is 2.34. The zero-order valence-electron chi connectivity index (χ0n) is 11.0. The summed E-state index contributed by atoms with van der Waals surface area (Å²) >= 11 is 0. The molecule has 0 aliphatic rings. The predicted octanol–water partition coefficient (Wildman–Crippen LogP) is 1.72. The Morgan fingerprint density at radius 3 is 2.62 bits per heavy atom. The van der Waals surface area contributed by atoms with E-state index in [0.29, 0.717) is 11.8 Å². The van der Waals surface area contributed by atoms with E-state index in [1.54, 1.807) is 13.2 Å². The smallest absolute Gasteiger partial charge is 0.271 e. The Kier molecular flexibility index (Phi) is 4.24. The number of nitrogens with zero attached hydrogens (tertiary/aromatic N) is 3. The van der Waals surface area contributed by atoms with E-state index in [0.717, 1.165) is 6.07 Å². The number of aromatic nitrogens is 3. The molecule has 1 unspecified atom stereocenters. The minimum absolute atomic E-state index is 0.114. The van der Waals surface area contributed by atoms with Crippen molar-refractivity contribution in [2.75, 3.05) is 0 Å². The lowest BCUT2D eigenvalue weighted by Crippen LogP contribution is -2.31. The van der Waals surface area contributed by atoms with Crippen LogP contribution in [0.25, 0.3) is 0 Å². The van der Waals surface area contributed by atoms with Crippen LogP contribution >= 0.6 is 0 Å². The largest absolute Gasteiger partial charge is 0.419 e. The van der Waals surface area contributed by atoms with Crippen molar-refractivity contribution in [2.24, 2.45) is 12.9 Å². The molecular formula is C12H13F4N5. The average molecular weight is 303 g/mol. The fraction of sp³-hybridized carbons (Fsp3) is 0.333. The molecule has 0 saturated carbocycles. The van der Waals surface area contributed by atoms with Crippen molar-refractivity contribution in [3.8, 4) is 0 Å². The molecule has 3 N–H and O–H groups in total. The van der Waals surface area contributed by atoms with Crippen LogP contribution in [-0.4, -0.2) is 15.0 Å². The van der Waals surface area contributed by atoms with E-state index in [9.17, 15) is 17.6 Å². The molecule has 1 aromatic carbocycles. The van der Waals surface area contributed by atoms with Crippen molar-refractivity contribution in [3.63, 3.8) is 0 Å². The van der Waals surface area contributed by atoms with E-state index in [-0.39, 0.29) is 12.0 Å². The molecule has 0 radical (unpaired) electrons. The molecule has 0 aliphatic carbocycles. The SMILES string of the molecule is Cn1cc(CC(NN)c2cccc(C(F)(F)F)c2F)nn1. The highest BCUT2D eigenvalue weighted by Gasteiger charge is 2.35. The summed E-state index contributed by atoms with van der Waals surface area (Å²) in [6.07, 6.45) is -3.07. The van der Waals surface area contributed by atoms with Gasteiger partial charge in [0.2, 0.25) is 0 Å². The van der Waals surface area contributed by atoms with E-state index in [4.69, 9.17) is 5.84 Å². The molecule has 0 bridgehead atoms. The summed E-state index contributed by atoms with van der Waals surface area (Å²) in [5, 5.41) is 7.50. The number of nitrogens with one attached hydrogen (secondary N) is 1. The maximum Gasteiger partial charge on any atom is 0.419 e. The molecule has 1 heterocycles. The average Bonchev–Trinajstić information content (AvgIpc) is 2.81. The van der Waals surface area contributed by atoms with Crippen molar-refractivity contribution >= 4 is 0 Å². The number of alkyl halides is 3. The van der Waals surface area contributed by atoms with E-state index in [1.165, 1.54) is 10.7 Å². The Morgan fingerprint density at radius 2 is 2.10 bits per heavy atom. The lowest BCUT2D eigenvalue weighted by molar-refractivity contribution is -0.140. The summed E-state index contributed by atoms with van der Waals surface area (Å²) in [5.41, 5.74) is 1.31. The Labute approximate surface area is 117 Å². The number of hydrogen-bond acceptors (Lipinski definition) is 4. The molecule has 21 heavy (non-hydrogen) atoms. The van der Waals surface area contributed by atoms with Crippen LogP contribution in [0.15, 0.2) is 24.4 Å². The van der Waals surface area contributed by atoms with Crippen molar-refractivity contribution in [2.45, 2.75) is 18.6 Å². The van der Waals surface area contributed by atoms with Gasteiger partial charge in [-0.25, -0.2) is 4.39 Å². The van der Waals surface area contributed by atoms with Crippen molar-refractivity contribution in [1.29, 1.82) is 0 Å². The summed E-state index contributed by atoms with van der Waals surface area (Å²) < 4.78 is 53.6. The second-order valence-electron chi connectivity index (χ2n) is 4.51. The number of rotatable bonds is 4. The lowest BCUT2D eigenvalue weighted by atomic mass is 9.99. The van der Waals surface area contributed by atoms with Gasteiger partial charge < -0.3 is 0 Å². The predicted molar refractivity (Wildman–Crippen MR) is 66.2 cm³/mol. The molecule has 0 fully saturated rings. The molecule has 0 amide bonds. The van der Waals surface area contributed by atoms with Gasteiger partial charge >= 0.3 is 6.18 Å². The molecule has 114 valence electrons. The van der Waals surface area contributed by atoms with Gasteiger partial charge in [0, 0.05) is 25.2 Å². The standard InChI is InChI=1S/C12H13F4N5/c1-21-6-7(19-20-21)5-10(18-17)8-3-2-4-9(11(8)13)12(14,15)16/h2-4,6,10,18H,5,17H2,1H3. The number of aryl methyl sites for hydroxylation is 1. The number of nitrogens with two attached hydrogens (primary N) is 1. The van der Waals surface area contributed by atoms with E-state index in [1.807, 2.05) is 0 Å². The topological polar surface area (TPSA) is 68.8 Å². The quantitative estimate of drug-likeness (QED) is 0.513. The summed E-state index contributed by atoms with van der Waals surface area (Å²) in [7, 11) is 1.65. The van der Waals surface area contributed by atoms with Crippen LogP contribution < -0.4 is 11.3 Å². The maximum absolute atomic E-state index is 14.1. The maximum atomic E-state index is 14.1. The molecule has 0 aliphatic heterocycles. The molecule has 2 aromatic rings. The number of halogens is 4. The zero-order chi connectivity index (χ0) is 15.6. The van der Waals surface area contributed by atoms with Crippen LogP contribution in [0.4, 0.5) is 17.6 Å². The van der Waals surface area contributed by atoms with Gasteiger partial charge in [-0.15, -0.1) is 5.10 Å². The van der Waals surface area contributed by atoms with Crippen molar-refractivity contribution in [1.82, 2.24) is 20.4 Å². The Morgan fingerprint density at radius 1 is 1.38 bits per heavy atom. The Hall–Kier alpha value is -2.00. The van der Waals surface area contributed by atoms with Gasteiger partial charge in [0.05, 0.1) is 17.3 Å². The van der Waals surface area contributed by atoms with Gasteiger partial charge in [-0.2, -0.15) is 13.2 Å². The van der Waals surface area contributed by atoms with Crippen molar-refractivity contribution < 1.29 is 17.6 Å². The second-order valence-corrected chi connectivity index (χ2v) is 4.51. The van der Waals surface area contributed by atoms with Crippen LogP contribution in [0.1, 0.15) is 22.9 Å². The normalized spacial score (nSPS) is 13.4. The minimum Gasteiger partial charge on any atom is -0.271 e. The Balaban J connectivity index is 2.34. The number of hydrazine groups is 1. The third-order valence-corrected chi connectivity index (χ3v) is 2.97. The molecule has 9 heteroatoms. The molecule has 1 aromatic heterocycles. The fourth-order valence-electron chi connectivity index (χ4n) is 1.99. The monoisotopic (exact) mass is 303 g/mol. The minimum atomic E-state index is -4.76. The second kappa shape index (κ2) is 5.78. The van der Waals surface area contributed by atoms with Crippen molar-refractivity contribution in [3.05, 3.63) is 47.0 Å². The number of hydrogen-bond donors (Lipinski definition) is 2. The fourth-order valence-corrected chi connectivity index (χ4v) is 1.99. The van der Waals surface area contributed by atoms with Gasteiger partial charge in [0.1, 0.15) is 5.82 Å².